The van der Waals surface area contributed by atoms with Crippen LogP contribution in [-0.4, -0.2) is 38.1 Å². The molecule has 3 heterocycles. The van der Waals surface area contributed by atoms with Crippen LogP contribution < -0.4 is 0 Å². The molecule has 4 rings (SSSR count). The number of nitrogens with zero attached hydrogens (tertiary/aromatic N) is 2. The summed E-state index contributed by atoms with van der Waals surface area (Å²) >= 11 is 0. The summed E-state index contributed by atoms with van der Waals surface area (Å²) in [6.45, 7) is 5.89. The molecule has 1 fully saturated rings. The molecule has 0 aliphatic carbocycles. The number of rotatable bonds is 3. The van der Waals surface area contributed by atoms with Crippen molar-refractivity contribution in [1.82, 2.24) is 19.9 Å². The van der Waals surface area contributed by atoms with E-state index in [1.54, 1.807) is 0 Å². The molecule has 2 N–H and O–H groups in total. The minimum Gasteiger partial charge on any atom is -0.354 e. The average Bonchev–Trinajstić information content (AvgIpc) is 3.29. The van der Waals surface area contributed by atoms with E-state index in [0.717, 1.165) is 41.0 Å². The van der Waals surface area contributed by atoms with E-state index in [2.05, 4.69) is 15.0 Å². The molecule has 1 unspecified atom stereocenters. The van der Waals surface area contributed by atoms with Gasteiger partial charge in [0.1, 0.15) is 11.5 Å². The van der Waals surface area contributed by atoms with Gasteiger partial charge in [0, 0.05) is 17.8 Å². The Morgan fingerprint density at radius 3 is 2.65 bits per heavy atom. The Labute approximate surface area is 151 Å². The number of hydrogen-bond donors (Lipinski definition) is 2. The van der Waals surface area contributed by atoms with Crippen molar-refractivity contribution in [3.8, 4) is 0 Å². The number of hydrogen-bond acceptors (Lipinski definition) is 3. The number of H-pyrrole nitrogens is 2. The molecule has 26 heavy (non-hydrogen) atoms. The molecule has 1 amide bonds. The first-order valence-electron chi connectivity index (χ1n) is 8.93. The van der Waals surface area contributed by atoms with E-state index in [4.69, 9.17) is 0 Å². The summed E-state index contributed by atoms with van der Waals surface area (Å²) in [6.07, 6.45) is 1.82. The Morgan fingerprint density at radius 2 is 1.96 bits per heavy atom. The van der Waals surface area contributed by atoms with Crippen LogP contribution >= 0.6 is 0 Å². The quantitative estimate of drug-likeness (QED) is 0.707. The molecule has 3 aromatic rings. The second kappa shape index (κ2) is 6.12. The second-order valence-corrected chi connectivity index (χ2v) is 6.98. The van der Waals surface area contributed by atoms with Gasteiger partial charge in [-0.2, -0.15) is 0 Å². The number of likely N-dealkylation sites (tertiary alicyclic amines) is 1. The molecule has 0 radical (unpaired) electrons. The number of carbonyl (C=O) groups excluding carboxylic acids is 2. The van der Waals surface area contributed by atoms with E-state index < -0.39 is 0 Å². The van der Waals surface area contributed by atoms with E-state index in [1.165, 1.54) is 6.92 Å². The Hall–Kier alpha value is -2.89. The van der Waals surface area contributed by atoms with Crippen LogP contribution in [0.15, 0.2) is 24.3 Å². The predicted octanol–water partition coefficient (Wildman–Crippen LogP) is 3.69. The zero-order valence-corrected chi connectivity index (χ0v) is 15.2. The van der Waals surface area contributed by atoms with Crippen molar-refractivity contribution in [3.63, 3.8) is 0 Å². The van der Waals surface area contributed by atoms with E-state index in [0.29, 0.717) is 17.8 Å². The van der Waals surface area contributed by atoms with Gasteiger partial charge in [-0.3, -0.25) is 9.59 Å². The number of aromatic amines is 2. The minimum atomic E-state index is -0.0707. The van der Waals surface area contributed by atoms with Crippen molar-refractivity contribution in [2.24, 2.45) is 0 Å². The van der Waals surface area contributed by atoms with Gasteiger partial charge in [-0.25, -0.2) is 4.98 Å². The highest BCUT2D eigenvalue weighted by atomic mass is 16.2. The van der Waals surface area contributed by atoms with Crippen LogP contribution in [0.2, 0.25) is 0 Å². The fraction of sp³-hybridized carbons (Fsp3) is 0.350. The molecule has 1 aromatic carbocycles. The fourth-order valence-corrected chi connectivity index (χ4v) is 4.06. The van der Waals surface area contributed by atoms with Gasteiger partial charge < -0.3 is 14.9 Å². The number of Topliss-reactive ketones (excluding diaryl/α,β-unsaturated/α-hetero) is 1. The Morgan fingerprint density at radius 1 is 1.19 bits per heavy atom. The van der Waals surface area contributed by atoms with E-state index in [9.17, 15) is 9.59 Å². The SMILES string of the molecule is CC(=O)c1c(C)[nH]c(C(=O)N2CCCC2c2nc3ccccc3[nH]2)c1C. The first-order valence-corrected chi connectivity index (χ1v) is 8.93. The van der Waals surface area contributed by atoms with Crippen LogP contribution in [0.25, 0.3) is 11.0 Å². The summed E-state index contributed by atoms with van der Waals surface area (Å²) < 4.78 is 0. The first kappa shape index (κ1) is 16.6. The number of benzene rings is 1. The Balaban J connectivity index is 1.69. The largest absolute Gasteiger partial charge is 0.354 e. The fourth-order valence-electron chi connectivity index (χ4n) is 4.06. The Kier molecular flexibility index (Phi) is 3.90. The zero-order valence-electron chi connectivity index (χ0n) is 15.2. The summed E-state index contributed by atoms with van der Waals surface area (Å²) in [4.78, 5) is 38.1. The molecule has 0 bridgehead atoms. The molecular weight excluding hydrogens is 328 g/mol. The lowest BCUT2D eigenvalue weighted by atomic mass is 10.1. The van der Waals surface area contributed by atoms with Crippen LogP contribution in [0.1, 0.15) is 63.7 Å². The van der Waals surface area contributed by atoms with Crippen molar-refractivity contribution in [2.75, 3.05) is 6.54 Å². The number of amides is 1. The summed E-state index contributed by atoms with van der Waals surface area (Å²) in [7, 11) is 0. The van der Waals surface area contributed by atoms with Crippen molar-refractivity contribution >= 4 is 22.7 Å². The maximum absolute atomic E-state index is 13.2. The van der Waals surface area contributed by atoms with Gasteiger partial charge in [-0.05, 0) is 51.3 Å². The van der Waals surface area contributed by atoms with Gasteiger partial charge in [0.05, 0.1) is 17.1 Å². The molecule has 134 valence electrons. The standard InChI is InChI=1S/C20H22N4O2/c1-11-17(13(3)25)12(2)21-18(11)20(26)24-10-6-9-16(24)19-22-14-7-4-5-8-15(14)23-19/h4-5,7-8,16,21H,6,9-10H2,1-3H3,(H,22,23). The molecule has 0 saturated carbocycles. The summed E-state index contributed by atoms with van der Waals surface area (Å²) in [6, 6.07) is 7.81. The van der Waals surface area contributed by atoms with Crippen molar-refractivity contribution in [2.45, 2.75) is 39.7 Å². The zero-order chi connectivity index (χ0) is 18.4. The first-order chi connectivity index (χ1) is 12.5. The van der Waals surface area contributed by atoms with Gasteiger partial charge in [-0.1, -0.05) is 12.1 Å². The monoisotopic (exact) mass is 350 g/mol. The molecular formula is C20H22N4O2. The third-order valence-corrected chi connectivity index (χ3v) is 5.24. The van der Waals surface area contributed by atoms with E-state index in [-0.39, 0.29) is 17.7 Å². The van der Waals surface area contributed by atoms with Crippen LogP contribution in [0.3, 0.4) is 0 Å². The Bertz CT molecular complexity index is 981. The third kappa shape index (κ3) is 2.53. The summed E-state index contributed by atoms with van der Waals surface area (Å²) in [5.74, 6) is 0.733. The number of para-hydroxylation sites is 2. The number of carbonyl (C=O) groups is 2. The van der Waals surface area contributed by atoms with Crippen molar-refractivity contribution < 1.29 is 9.59 Å². The second-order valence-electron chi connectivity index (χ2n) is 6.98. The number of aromatic nitrogens is 3. The predicted molar refractivity (Wildman–Crippen MR) is 99.4 cm³/mol. The van der Waals surface area contributed by atoms with Crippen LogP contribution in [-0.2, 0) is 0 Å². The van der Waals surface area contributed by atoms with Crippen LogP contribution in [0.4, 0.5) is 0 Å². The lowest BCUT2D eigenvalue weighted by Crippen LogP contribution is -2.31. The average molecular weight is 350 g/mol. The highest BCUT2D eigenvalue weighted by Gasteiger charge is 2.34. The summed E-state index contributed by atoms with van der Waals surface area (Å²) in [5.41, 5.74) is 4.50. The van der Waals surface area contributed by atoms with Crippen LogP contribution in [0.5, 0.6) is 0 Å². The molecule has 2 aromatic heterocycles. The third-order valence-electron chi connectivity index (χ3n) is 5.24. The number of imidazole rings is 1. The van der Waals surface area contributed by atoms with E-state index >= 15 is 0 Å². The molecule has 1 aliphatic rings. The summed E-state index contributed by atoms with van der Waals surface area (Å²) in [5, 5.41) is 0. The number of ketones is 1. The number of fused-ring (bicyclic) bond motifs is 1. The lowest BCUT2D eigenvalue weighted by Gasteiger charge is -2.23. The van der Waals surface area contributed by atoms with Crippen LogP contribution in [0, 0.1) is 13.8 Å². The van der Waals surface area contributed by atoms with Crippen molar-refractivity contribution in [3.05, 3.63) is 52.6 Å². The lowest BCUT2D eigenvalue weighted by molar-refractivity contribution is 0.0724. The van der Waals surface area contributed by atoms with Gasteiger partial charge >= 0.3 is 0 Å². The number of aryl methyl sites for hydroxylation is 1. The topological polar surface area (TPSA) is 81.8 Å². The maximum atomic E-state index is 13.2. The van der Waals surface area contributed by atoms with Gasteiger partial charge in [0.15, 0.2) is 5.78 Å². The highest BCUT2D eigenvalue weighted by Crippen LogP contribution is 2.33. The normalized spacial score (nSPS) is 17.2. The van der Waals surface area contributed by atoms with Gasteiger partial charge in [0.2, 0.25) is 0 Å². The smallest absolute Gasteiger partial charge is 0.271 e. The molecule has 1 saturated heterocycles. The van der Waals surface area contributed by atoms with Gasteiger partial charge in [-0.15, -0.1) is 0 Å². The van der Waals surface area contributed by atoms with E-state index in [1.807, 2.05) is 43.0 Å². The number of nitrogens with one attached hydrogen (secondary N) is 2. The van der Waals surface area contributed by atoms with Crippen molar-refractivity contribution in [1.29, 1.82) is 0 Å². The highest BCUT2D eigenvalue weighted by molar-refractivity contribution is 6.02. The molecule has 6 nitrogen and oxygen atoms in total. The van der Waals surface area contributed by atoms with Gasteiger partial charge in [0.25, 0.3) is 5.91 Å². The molecule has 6 heteroatoms. The molecule has 1 atom stereocenters. The maximum Gasteiger partial charge on any atom is 0.271 e. The molecule has 1 aliphatic heterocycles. The molecule has 0 spiro atoms. The minimum absolute atomic E-state index is 0.0226.